The molecular formula is C58H42N2. The molecule has 60 heavy (non-hydrogen) atoms. The highest BCUT2D eigenvalue weighted by Gasteiger charge is 2.45. The number of aromatic nitrogens is 1. The molecule has 1 aromatic heterocycles. The average Bonchev–Trinajstić information content (AvgIpc) is 3.67. The van der Waals surface area contributed by atoms with E-state index in [2.05, 4.69) is 252 Å². The van der Waals surface area contributed by atoms with Gasteiger partial charge in [-0.05, 0) is 105 Å². The van der Waals surface area contributed by atoms with E-state index in [1.807, 2.05) is 0 Å². The van der Waals surface area contributed by atoms with E-state index in [1.54, 1.807) is 0 Å². The maximum atomic E-state index is 2.61. The van der Waals surface area contributed by atoms with E-state index >= 15 is 0 Å². The highest BCUT2D eigenvalue weighted by Crippen LogP contribution is 2.54. The molecule has 1 aliphatic carbocycles. The van der Waals surface area contributed by atoms with Gasteiger partial charge in [0.15, 0.2) is 0 Å². The Morgan fingerprint density at radius 1 is 0.417 bits per heavy atom. The number of benzene rings is 9. The van der Waals surface area contributed by atoms with Crippen LogP contribution in [0.3, 0.4) is 0 Å². The predicted molar refractivity (Wildman–Crippen MR) is 254 cm³/mol. The fraction of sp³-hybridized carbons (Fsp3) is 0.0345. The molecule has 0 amide bonds. The molecule has 0 saturated heterocycles. The van der Waals surface area contributed by atoms with Crippen molar-refractivity contribution in [2.75, 3.05) is 4.90 Å². The molecule has 0 saturated carbocycles. The van der Waals surface area contributed by atoms with Gasteiger partial charge in [-0.2, -0.15) is 0 Å². The van der Waals surface area contributed by atoms with Crippen LogP contribution >= 0.6 is 0 Å². The number of anilines is 2. The summed E-state index contributed by atoms with van der Waals surface area (Å²) in [5.41, 5.74) is 13.7. The Bertz CT molecular complexity index is 3170. The second kappa shape index (κ2) is 14.9. The van der Waals surface area contributed by atoms with Crippen LogP contribution in [-0.2, 0) is 5.54 Å². The van der Waals surface area contributed by atoms with Gasteiger partial charge in [-0.1, -0.05) is 194 Å². The zero-order valence-corrected chi connectivity index (χ0v) is 33.2. The van der Waals surface area contributed by atoms with Crippen LogP contribution in [0.4, 0.5) is 11.4 Å². The summed E-state index contributed by atoms with van der Waals surface area (Å²) in [4.78, 5) is 2.61. The molecule has 0 radical (unpaired) electrons. The maximum absolute atomic E-state index is 2.61. The second-order valence-electron chi connectivity index (χ2n) is 15.7. The Morgan fingerprint density at radius 3 is 1.77 bits per heavy atom. The number of allylic oxidation sites excluding steroid dienone is 2. The quantitative estimate of drug-likeness (QED) is 0.150. The van der Waals surface area contributed by atoms with Gasteiger partial charge in [-0.15, -0.1) is 0 Å². The van der Waals surface area contributed by atoms with E-state index in [0.29, 0.717) is 0 Å². The summed E-state index contributed by atoms with van der Waals surface area (Å²) >= 11 is 0. The normalized spacial score (nSPS) is 15.0. The van der Waals surface area contributed by atoms with Gasteiger partial charge in [0.1, 0.15) is 5.54 Å². The Labute approximate surface area is 351 Å². The third kappa shape index (κ3) is 5.96. The van der Waals surface area contributed by atoms with Crippen molar-refractivity contribution in [2.24, 2.45) is 0 Å². The van der Waals surface area contributed by atoms with Crippen LogP contribution in [0.2, 0.25) is 0 Å². The number of hydrogen-bond acceptors (Lipinski definition) is 1. The molecule has 9 aromatic carbocycles. The largest absolute Gasteiger partial charge is 0.327 e. The minimum atomic E-state index is -0.622. The van der Waals surface area contributed by atoms with E-state index < -0.39 is 5.54 Å². The van der Waals surface area contributed by atoms with Crippen molar-refractivity contribution in [3.63, 3.8) is 0 Å². The number of para-hydroxylation sites is 2. The highest BCUT2D eigenvalue weighted by molar-refractivity contribution is 6.09. The lowest BCUT2D eigenvalue weighted by Crippen LogP contribution is -2.45. The first-order valence-corrected chi connectivity index (χ1v) is 20.8. The molecule has 10 aromatic rings. The molecule has 284 valence electrons. The molecular weight excluding hydrogens is 725 g/mol. The van der Waals surface area contributed by atoms with E-state index in [9.17, 15) is 0 Å². The van der Waals surface area contributed by atoms with Crippen molar-refractivity contribution < 1.29 is 0 Å². The lowest BCUT2D eigenvalue weighted by molar-refractivity contribution is 0.568. The third-order valence-electron chi connectivity index (χ3n) is 12.3. The summed E-state index contributed by atoms with van der Waals surface area (Å²) in [6.07, 6.45) is 7.68. The van der Waals surface area contributed by atoms with Gasteiger partial charge >= 0.3 is 0 Å². The van der Waals surface area contributed by atoms with Gasteiger partial charge in [-0.25, -0.2) is 0 Å². The van der Waals surface area contributed by atoms with Crippen molar-refractivity contribution >= 4 is 49.5 Å². The second-order valence-corrected chi connectivity index (χ2v) is 15.7. The molecule has 0 aliphatic heterocycles. The fourth-order valence-electron chi connectivity index (χ4n) is 9.64. The van der Waals surface area contributed by atoms with E-state index in [1.165, 1.54) is 71.5 Å². The summed E-state index contributed by atoms with van der Waals surface area (Å²) in [6, 6.07) is 82.1. The Kier molecular flexibility index (Phi) is 8.82. The lowest BCUT2D eigenvalue weighted by Gasteiger charge is -2.49. The molecule has 0 N–H and O–H groups in total. The summed E-state index contributed by atoms with van der Waals surface area (Å²) in [7, 11) is 0. The number of rotatable bonds is 8. The van der Waals surface area contributed by atoms with E-state index in [-0.39, 0.29) is 0 Å². The number of hydrogen-bond donors (Lipinski definition) is 0. The Morgan fingerprint density at radius 2 is 1.02 bits per heavy atom. The molecule has 0 spiro atoms. The molecule has 0 bridgehead atoms. The van der Waals surface area contributed by atoms with Crippen LogP contribution in [0.5, 0.6) is 0 Å². The summed E-state index contributed by atoms with van der Waals surface area (Å²) in [5.74, 6) is 0. The summed E-state index contributed by atoms with van der Waals surface area (Å²) in [5, 5.41) is 4.96. The average molecular weight is 767 g/mol. The zero-order chi connectivity index (χ0) is 39.9. The highest BCUT2D eigenvalue weighted by atomic mass is 15.2. The van der Waals surface area contributed by atoms with Crippen LogP contribution in [0.1, 0.15) is 17.5 Å². The standard InChI is InChI=1S/C58H42N2/c1-3-19-44(20-4-1)51-26-9-12-30-55(51)58(39-16-15-29-54(58)45-21-5-2-6-22-45)60(50-38-35-42-18-7-8-23-46(42)41-50)48-36-33-43(34-37-48)47-24-17-25-49(40-47)59-56-31-13-10-27-52(56)53-28-11-14-32-57(53)59/h1-38,40-41H,39H2. The van der Waals surface area contributed by atoms with E-state index in [4.69, 9.17) is 0 Å². The number of nitrogens with zero attached hydrogens (tertiary/aromatic N) is 2. The minimum absolute atomic E-state index is 0.622. The lowest BCUT2D eigenvalue weighted by atomic mass is 9.70. The van der Waals surface area contributed by atoms with Gasteiger partial charge < -0.3 is 9.47 Å². The molecule has 1 atom stereocenters. The molecule has 11 rings (SSSR count). The molecule has 1 heterocycles. The summed E-state index contributed by atoms with van der Waals surface area (Å²) in [6.45, 7) is 0. The van der Waals surface area contributed by atoms with Crippen LogP contribution in [0.25, 0.3) is 66.1 Å². The maximum Gasteiger partial charge on any atom is 0.100 e. The first-order valence-electron chi connectivity index (χ1n) is 20.8. The van der Waals surface area contributed by atoms with Crippen molar-refractivity contribution in [2.45, 2.75) is 12.0 Å². The Hall–Kier alpha value is -7.68. The first kappa shape index (κ1) is 35.5. The zero-order valence-electron chi connectivity index (χ0n) is 33.2. The Balaban J connectivity index is 1.12. The van der Waals surface area contributed by atoms with Gasteiger partial charge in [0.25, 0.3) is 0 Å². The van der Waals surface area contributed by atoms with Gasteiger partial charge in [-0.3, -0.25) is 0 Å². The van der Waals surface area contributed by atoms with Crippen molar-refractivity contribution in [1.29, 1.82) is 0 Å². The fourth-order valence-corrected chi connectivity index (χ4v) is 9.64. The van der Waals surface area contributed by atoms with Gasteiger partial charge in [0.2, 0.25) is 0 Å². The molecule has 0 fully saturated rings. The van der Waals surface area contributed by atoms with E-state index in [0.717, 1.165) is 23.5 Å². The predicted octanol–water partition coefficient (Wildman–Crippen LogP) is 15.3. The van der Waals surface area contributed by atoms with Crippen molar-refractivity contribution in [3.8, 4) is 27.9 Å². The van der Waals surface area contributed by atoms with Gasteiger partial charge in [0, 0.05) is 27.8 Å². The number of fused-ring (bicyclic) bond motifs is 4. The minimum Gasteiger partial charge on any atom is -0.327 e. The smallest absolute Gasteiger partial charge is 0.100 e. The van der Waals surface area contributed by atoms with Gasteiger partial charge in [0.05, 0.1) is 11.0 Å². The molecule has 1 aliphatic rings. The third-order valence-corrected chi connectivity index (χ3v) is 12.3. The van der Waals surface area contributed by atoms with Crippen LogP contribution in [-0.4, -0.2) is 4.57 Å². The first-order chi connectivity index (χ1) is 29.8. The molecule has 2 nitrogen and oxygen atoms in total. The van der Waals surface area contributed by atoms with Crippen LogP contribution < -0.4 is 4.90 Å². The molecule has 2 heteroatoms. The van der Waals surface area contributed by atoms with Crippen molar-refractivity contribution in [3.05, 3.63) is 254 Å². The topological polar surface area (TPSA) is 8.17 Å². The van der Waals surface area contributed by atoms with Crippen LogP contribution in [0, 0.1) is 0 Å². The summed E-state index contributed by atoms with van der Waals surface area (Å²) < 4.78 is 2.39. The monoisotopic (exact) mass is 766 g/mol. The molecule has 1 unspecified atom stereocenters. The SMILES string of the molecule is C1=CCC(c2ccccc2-c2ccccc2)(N(c2ccc(-c3cccc(-n4c5ccccc5c5ccccc54)c3)cc2)c2ccc3ccccc3c2)C(c2ccccc2)=C1. The van der Waals surface area contributed by atoms with Crippen molar-refractivity contribution in [1.82, 2.24) is 4.57 Å². The van der Waals surface area contributed by atoms with Crippen LogP contribution in [0.15, 0.2) is 243 Å².